The molecule has 4 rings (SSSR count). The highest BCUT2D eigenvalue weighted by Gasteiger charge is 2.29. The summed E-state index contributed by atoms with van der Waals surface area (Å²) in [6.45, 7) is 0.574. The molecule has 4 heteroatoms. The molecule has 0 N–H and O–H groups in total. The van der Waals surface area contributed by atoms with E-state index in [2.05, 4.69) is 0 Å². The maximum atomic E-state index is 12.6. The quantitative estimate of drug-likeness (QED) is 0.719. The minimum absolute atomic E-state index is 0.00481. The van der Waals surface area contributed by atoms with Crippen molar-refractivity contribution in [3.8, 4) is 5.75 Å². The van der Waals surface area contributed by atoms with E-state index in [0.717, 1.165) is 22.2 Å². The minimum Gasteiger partial charge on any atom is -0.497 e. The number of fused-ring (bicyclic) bond motifs is 2. The van der Waals surface area contributed by atoms with Crippen LogP contribution in [0.15, 0.2) is 53.1 Å². The fourth-order valence-electron chi connectivity index (χ4n) is 2.73. The molecule has 0 radical (unpaired) electrons. The molecule has 2 heterocycles. The van der Waals surface area contributed by atoms with Crippen LogP contribution in [-0.4, -0.2) is 13.0 Å². The van der Waals surface area contributed by atoms with Crippen molar-refractivity contribution in [2.24, 2.45) is 0 Å². The van der Waals surface area contributed by atoms with Crippen molar-refractivity contribution in [1.29, 1.82) is 0 Å². The van der Waals surface area contributed by atoms with E-state index in [1.807, 2.05) is 36.4 Å². The number of anilines is 1. The molecule has 3 aromatic rings. The maximum Gasteiger partial charge on any atom is 0.259 e. The molecule has 0 saturated carbocycles. The summed E-state index contributed by atoms with van der Waals surface area (Å²) in [5, 5.41) is 1.03. The highest BCUT2D eigenvalue weighted by molar-refractivity contribution is 6.10. The zero-order chi connectivity index (χ0) is 14.4. The van der Waals surface area contributed by atoms with Crippen LogP contribution in [0.2, 0.25) is 0 Å². The van der Waals surface area contributed by atoms with Crippen LogP contribution < -0.4 is 9.64 Å². The van der Waals surface area contributed by atoms with Crippen molar-refractivity contribution in [1.82, 2.24) is 0 Å². The average Bonchev–Trinajstić information content (AvgIpc) is 3.11. The van der Waals surface area contributed by atoms with E-state index in [0.29, 0.717) is 17.9 Å². The summed E-state index contributed by atoms with van der Waals surface area (Å²) >= 11 is 0. The lowest BCUT2D eigenvalue weighted by Gasteiger charge is -2.15. The van der Waals surface area contributed by atoms with Gasteiger partial charge in [0, 0.05) is 22.7 Å². The highest BCUT2D eigenvalue weighted by atomic mass is 16.5. The molecule has 4 nitrogen and oxygen atoms in total. The lowest BCUT2D eigenvalue weighted by Crippen LogP contribution is -2.22. The Kier molecular flexibility index (Phi) is 2.51. The van der Waals surface area contributed by atoms with Crippen LogP contribution in [0.4, 0.5) is 5.69 Å². The zero-order valence-corrected chi connectivity index (χ0v) is 11.5. The Morgan fingerprint density at radius 3 is 2.90 bits per heavy atom. The number of hydrogen-bond acceptors (Lipinski definition) is 3. The molecular formula is C17H13NO3. The van der Waals surface area contributed by atoms with E-state index >= 15 is 0 Å². The molecule has 0 atom stereocenters. The lowest BCUT2D eigenvalue weighted by molar-refractivity contribution is 0.0996. The van der Waals surface area contributed by atoms with Gasteiger partial charge in [-0.05, 0) is 35.9 Å². The summed E-state index contributed by atoms with van der Waals surface area (Å²) in [5.41, 5.74) is 3.35. The third-order valence-electron chi connectivity index (χ3n) is 3.87. The summed E-state index contributed by atoms with van der Waals surface area (Å²) in [6.07, 6.45) is 1.65. The Labute approximate surface area is 121 Å². The number of carbonyl (C=O) groups excluding carboxylic acids is 1. The van der Waals surface area contributed by atoms with E-state index in [-0.39, 0.29) is 5.91 Å². The number of furan rings is 1. The van der Waals surface area contributed by atoms with Crippen LogP contribution in [-0.2, 0) is 6.54 Å². The number of hydrogen-bond donors (Lipinski definition) is 0. The van der Waals surface area contributed by atoms with Gasteiger partial charge in [0.15, 0.2) is 0 Å². The van der Waals surface area contributed by atoms with Crippen molar-refractivity contribution in [2.75, 3.05) is 12.0 Å². The molecule has 1 aliphatic heterocycles. The Bertz CT molecular complexity index is 850. The molecular weight excluding hydrogens is 266 g/mol. The van der Waals surface area contributed by atoms with Crippen molar-refractivity contribution in [3.63, 3.8) is 0 Å². The molecule has 104 valence electrons. The first-order chi connectivity index (χ1) is 10.3. The SMILES string of the molecule is COc1ccc2c(c1)C(=O)N(c1ccc3ccoc3c1)C2. The molecule has 0 unspecified atom stereocenters. The van der Waals surface area contributed by atoms with Gasteiger partial charge in [0.05, 0.1) is 19.9 Å². The summed E-state index contributed by atoms with van der Waals surface area (Å²) in [4.78, 5) is 14.3. The van der Waals surface area contributed by atoms with Gasteiger partial charge in [0.25, 0.3) is 5.91 Å². The summed E-state index contributed by atoms with van der Waals surface area (Å²) in [7, 11) is 1.60. The van der Waals surface area contributed by atoms with Gasteiger partial charge < -0.3 is 14.1 Å². The molecule has 0 spiro atoms. The van der Waals surface area contributed by atoms with Crippen LogP contribution in [0.25, 0.3) is 11.0 Å². The number of benzene rings is 2. The largest absolute Gasteiger partial charge is 0.497 e. The second-order valence-corrected chi connectivity index (χ2v) is 5.06. The van der Waals surface area contributed by atoms with E-state index in [9.17, 15) is 4.79 Å². The maximum absolute atomic E-state index is 12.6. The predicted octanol–water partition coefficient (Wildman–Crippen LogP) is 3.60. The second kappa shape index (κ2) is 4.38. The van der Waals surface area contributed by atoms with Gasteiger partial charge in [-0.2, -0.15) is 0 Å². The van der Waals surface area contributed by atoms with Crippen molar-refractivity contribution in [3.05, 3.63) is 59.9 Å². The van der Waals surface area contributed by atoms with Gasteiger partial charge in [0.2, 0.25) is 0 Å². The van der Waals surface area contributed by atoms with E-state index in [1.54, 1.807) is 24.3 Å². The van der Waals surface area contributed by atoms with Crippen LogP contribution in [0.5, 0.6) is 5.75 Å². The molecule has 0 bridgehead atoms. The number of nitrogens with zero attached hydrogens (tertiary/aromatic N) is 1. The topological polar surface area (TPSA) is 42.7 Å². The van der Waals surface area contributed by atoms with E-state index in [4.69, 9.17) is 9.15 Å². The molecule has 0 fully saturated rings. The first kappa shape index (κ1) is 12.0. The Hall–Kier alpha value is -2.75. The Balaban J connectivity index is 1.75. The summed E-state index contributed by atoms with van der Waals surface area (Å²) in [6, 6.07) is 13.3. The molecule has 1 aliphatic rings. The van der Waals surface area contributed by atoms with Gasteiger partial charge in [-0.1, -0.05) is 6.07 Å². The summed E-state index contributed by atoms with van der Waals surface area (Å²) in [5.74, 6) is 0.695. The predicted molar refractivity (Wildman–Crippen MR) is 79.7 cm³/mol. The first-order valence-corrected chi connectivity index (χ1v) is 6.72. The van der Waals surface area contributed by atoms with Crippen LogP contribution in [0.1, 0.15) is 15.9 Å². The van der Waals surface area contributed by atoms with Gasteiger partial charge in [-0.15, -0.1) is 0 Å². The third-order valence-corrected chi connectivity index (χ3v) is 3.87. The standard InChI is InChI=1S/C17H13NO3/c1-20-14-5-3-12-10-18(17(19)15(12)9-14)13-4-2-11-6-7-21-16(11)8-13/h2-9H,10H2,1H3. The monoisotopic (exact) mass is 279 g/mol. The molecule has 1 amide bonds. The van der Waals surface area contributed by atoms with Gasteiger partial charge in [-0.3, -0.25) is 4.79 Å². The fourth-order valence-corrected chi connectivity index (χ4v) is 2.73. The first-order valence-electron chi connectivity index (χ1n) is 6.72. The smallest absolute Gasteiger partial charge is 0.259 e. The van der Waals surface area contributed by atoms with E-state index in [1.165, 1.54) is 0 Å². The lowest BCUT2D eigenvalue weighted by atomic mass is 10.1. The van der Waals surface area contributed by atoms with Gasteiger partial charge in [-0.25, -0.2) is 0 Å². The number of amides is 1. The normalized spacial score (nSPS) is 13.8. The van der Waals surface area contributed by atoms with Crippen LogP contribution in [0.3, 0.4) is 0 Å². The van der Waals surface area contributed by atoms with Crippen LogP contribution in [0, 0.1) is 0 Å². The van der Waals surface area contributed by atoms with Crippen molar-refractivity contribution in [2.45, 2.75) is 6.54 Å². The number of carbonyl (C=O) groups is 1. The van der Waals surface area contributed by atoms with E-state index < -0.39 is 0 Å². The molecule has 0 aliphatic carbocycles. The van der Waals surface area contributed by atoms with Crippen molar-refractivity contribution >= 4 is 22.6 Å². The number of ether oxygens (including phenoxy) is 1. The molecule has 1 aromatic heterocycles. The highest BCUT2D eigenvalue weighted by Crippen LogP contribution is 2.32. The summed E-state index contributed by atoms with van der Waals surface area (Å²) < 4.78 is 10.6. The third kappa shape index (κ3) is 1.80. The van der Waals surface area contributed by atoms with Crippen LogP contribution >= 0.6 is 0 Å². The zero-order valence-electron chi connectivity index (χ0n) is 11.5. The van der Waals surface area contributed by atoms with Crippen molar-refractivity contribution < 1.29 is 13.9 Å². The van der Waals surface area contributed by atoms with Gasteiger partial charge in [0.1, 0.15) is 11.3 Å². The number of rotatable bonds is 2. The molecule has 2 aromatic carbocycles. The van der Waals surface area contributed by atoms with Gasteiger partial charge >= 0.3 is 0 Å². The Morgan fingerprint density at radius 1 is 1.14 bits per heavy atom. The number of methoxy groups -OCH3 is 1. The average molecular weight is 279 g/mol. The second-order valence-electron chi connectivity index (χ2n) is 5.06. The minimum atomic E-state index is -0.00481. The Morgan fingerprint density at radius 2 is 2.05 bits per heavy atom. The molecule has 0 saturated heterocycles. The molecule has 21 heavy (non-hydrogen) atoms. The fraction of sp³-hybridized carbons (Fsp3) is 0.118.